The molecule has 0 aliphatic rings. The number of aliphatic hydroxyl groups excluding tert-OH is 2. The Hall–Kier alpha value is -1.82. The molecule has 0 fully saturated rings. The highest BCUT2D eigenvalue weighted by molar-refractivity contribution is 5.39. The molecule has 0 amide bonds. The number of H-pyrrole nitrogens is 1. The first-order valence-electron chi connectivity index (χ1n) is 3.52. The second-order valence-electron chi connectivity index (χ2n) is 2.21. The number of rotatable bonds is 1. The van der Waals surface area contributed by atoms with Gasteiger partial charge in [0.25, 0.3) is 0 Å². The van der Waals surface area contributed by atoms with E-state index in [0.29, 0.717) is 5.69 Å². The van der Waals surface area contributed by atoms with Gasteiger partial charge in [0.1, 0.15) is 17.9 Å². The third-order valence-corrected chi connectivity index (χ3v) is 1.28. The monoisotopic (exact) mass is 177 g/mol. The maximum absolute atomic E-state index is 8.88. The van der Waals surface area contributed by atoms with Crippen molar-refractivity contribution in [3.05, 3.63) is 17.7 Å². The zero-order chi connectivity index (χ0) is 9.68. The van der Waals surface area contributed by atoms with Crippen molar-refractivity contribution in [1.82, 2.24) is 9.97 Å². The fourth-order valence-corrected chi connectivity index (χ4v) is 0.675. The normalized spacial score (nSPS) is 11.2. The fourth-order valence-electron chi connectivity index (χ4n) is 0.675. The number of hydrogen-bond acceptors (Lipinski definition) is 4. The van der Waals surface area contributed by atoms with E-state index in [9.17, 15) is 0 Å². The molecule has 0 spiro atoms. The highest BCUT2D eigenvalue weighted by Crippen LogP contribution is 1.97. The van der Waals surface area contributed by atoms with Crippen LogP contribution in [0.25, 0.3) is 0 Å². The van der Waals surface area contributed by atoms with Gasteiger partial charge in [0.15, 0.2) is 5.69 Å². The summed E-state index contributed by atoms with van der Waals surface area (Å²) >= 11 is 0. The van der Waals surface area contributed by atoms with E-state index in [0.717, 1.165) is 0 Å². The number of hydrogen-bond donors (Lipinski definition) is 3. The minimum absolute atomic E-state index is 0.178. The van der Waals surface area contributed by atoms with E-state index in [4.69, 9.17) is 15.5 Å². The highest BCUT2D eigenvalue weighted by Gasteiger charge is 2.00. The van der Waals surface area contributed by atoms with Crippen molar-refractivity contribution in [3.63, 3.8) is 0 Å². The highest BCUT2D eigenvalue weighted by atomic mass is 16.3. The predicted octanol–water partition coefficient (Wildman–Crippen LogP) is -1.01. The summed E-state index contributed by atoms with van der Waals surface area (Å²) in [5, 5.41) is 25.8. The van der Waals surface area contributed by atoms with E-state index in [1.54, 1.807) is 0 Å². The van der Waals surface area contributed by atoms with Gasteiger partial charge in [-0.1, -0.05) is 5.92 Å². The van der Waals surface area contributed by atoms with Crippen molar-refractivity contribution in [2.45, 2.75) is 6.10 Å². The Morgan fingerprint density at radius 3 is 3.08 bits per heavy atom. The van der Waals surface area contributed by atoms with Crippen molar-refractivity contribution < 1.29 is 10.2 Å². The summed E-state index contributed by atoms with van der Waals surface area (Å²) in [6, 6.07) is 1.83. The van der Waals surface area contributed by atoms with E-state index < -0.39 is 12.7 Å². The maximum Gasteiger partial charge on any atom is 0.174 e. The van der Waals surface area contributed by atoms with Crippen LogP contribution in [0.4, 0.5) is 0 Å². The van der Waals surface area contributed by atoms with Crippen molar-refractivity contribution in [2.75, 3.05) is 6.61 Å². The summed E-state index contributed by atoms with van der Waals surface area (Å²) in [4.78, 5) is 6.31. The smallest absolute Gasteiger partial charge is 0.174 e. The molecule has 5 nitrogen and oxygen atoms in total. The van der Waals surface area contributed by atoms with E-state index in [-0.39, 0.29) is 5.69 Å². The van der Waals surface area contributed by atoms with Crippen LogP contribution in [0.5, 0.6) is 0 Å². The summed E-state index contributed by atoms with van der Waals surface area (Å²) in [5.74, 6) is 4.84. The van der Waals surface area contributed by atoms with Crippen LogP contribution in [-0.4, -0.2) is 32.9 Å². The molecule has 0 saturated heterocycles. The van der Waals surface area contributed by atoms with Gasteiger partial charge in [-0.3, -0.25) is 0 Å². The van der Waals surface area contributed by atoms with E-state index >= 15 is 0 Å². The molecule has 0 saturated carbocycles. The molecule has 66 valence electrons. The summed E-state index contributed by atoms with van der Waals surface area (Å²) in [6.07, 6.45) is 0.253. The summed E-state index contributed by atoms with van der Waals surface area (Å²) in [6.45, 7) is -0.428. The predicted molar refractivity (Wildman–Crippen MR) is 43.3 cm³/mol. The number of aromatic nitrogens is 2. The Morgan fingerprint density at radius 1 is 1.69 bits per heavy atom. The van der Waals surface area contributed by atoms with E-state index in [2.05, 4.69) is 21.8 Å². The molecular formula is C8H7N3O2. The van der Waals surface area contributed by atoms with Crippen molar-refractivity contribution >= 4 is 0 Å². The van der Waals surface area contributed by atoms with Crippen LogP contribution in [0.2, 0.25) is 0 Å². The molecule has 1 heterocycles. The standard InChI is InChI=1S/C8H7N3O2/c9-3-8-7(10-5-11-8)2-1-6(13)4-12/h5-6,12-13H,4H2,(H,10,11). The third kappa shape index (κ3) is 2.31. The molecular weight excluding hydrogens is 170 g/mol. The van der Waals surface area contributed by atoms with Gasteiger partial charge in [0.05, 0.1) is 12.9 Å². The summed E-state index contributed by atoms with van der Waals surface area (Å²) in [5.41, 5.74) is 0.521. The average Bonchev–Trinajstić information content (AvgIpc) is 2.61. The molecule has 0 bridgehead atoms. The minimum Gasteiger partial charge on any atom is -0.393 e. The SMILES string of the molecule is N#Cc1nc[nH]c1C#CC(O)CO. The Kier molecular flexibility index (Phi) is 3.04. The lowest BCUT2D eigenvalue weighted by Gasteiger charge is -1.92. The zero-order valence-electron chi connectivity index (χ0n) is 6.65. The number of nitrogens with zero attached hydrogens (tertiary/aromatic N) is 2. The lowest BCUT2D eigenvalue weighted by molar-refractivity contribution is 0.138. The van der Waals surface area contributed by atoms with Crippen molar-refractivity contribution in [3.8, 4) is 17.9 Å². The molecule has 0 aliphatic heterocycles. The first-order valence-corrected chi connectivity index (χ1v) is 3.52. The number of nitriles is 1. The number of imidazole rings is 1. The van der Waals surface area contributed by atoms with Crippen LogP contribution < -0.4 is 0 Å². The van der Waals surface area contributed by atoms with Crippen LogP contribution in [0, 0.1) is 23.2 Å². The molecule has 1 atom stereocenters. The summed E-state index contributed by atoms with van der Waals surface area (Å²) < 4.78 is 0. The number of aliphatic hydroxyl groups is 2. The van der Waals surface area contributed by atoms with Gasteiger partial charge in [-0.2, -0.15) is 5.26 Å². The second-order valence-corrected chi connectivity index (χ2v) is 2.21. The second kappa shape index (κ2) is 4.27. The molecule has 0 aliphatic carbocycles. The van der Waals surface area contributed by atoms with Crippen LogP contribution in [-0.2, 0) is 0 Å². The topological polar surface area (TPSA) is 92.9 Å². The van der Waals surface area contributed by atoms with Gasteiger partial charge in [-0.05, 0) is 5.92 Å². The zero-order valence-corrected chi connectivity index (χ0v) is 6.65. The average molecular weight is 177 g/mol. The van der Waals surface area contributed by atoms with Crippen molar-refractivity contribution in [1.29, 1.82) is 5.26 Å². The molecule has 1 aromatic rings. The van der Waals surface area contributed by atoms with Crippen LogP contribution in [0.1, 0.15) is 11.4 Å². The largest absolute Gasteiger partial charge is 0.393 e. The molecule has 1 rings (SSSR count). The van der Waals surface area contributed by atoms with Crippen molar-refractivity contribution in [2.24, 2.45) is 0 Å². The van der Waals surface area contributed by atoms with Gasteiger partial charge in [0.2, 0.25) is 0 Å². The van der Waals surface area contributed by atoms with Crippen LogP contribution >= 0.6 is 0 Å². The van der Waals surface area contributed by atoms with Gasteiger partial charge < -0.3 is 15.2 Å². The first-order chi connectivity index (χ1) is 6.27. The summed E-state index contributed by atoms with van der Waals surface area (Å²) in [7, 11) is 0. The van der Waals surface area contributed by atoms with Crippen LogP contribution in [0.15, 0.2) is 6.33 Å². The molecule has 13 heavy (non-hydrogen) atoms. The van der Waals surface area contributed by atoms with Crippen LogP contribution in [0.3, 0.4) is 0 Å². The molecule has 0 radical (unpaired) electrons. The lowest BCUT2D eigenvalue weighted by Crippen LogP contribution is -2.07. The minimum atomic E-state index is -1.09. The molecule has 3 N–H and O–H groups in total. The Labute approximate surface area is 74.7 Å². The van der Waals surface area contributed by atoms with Gasteiger partial charge >= 0.3 is 0 Å². The molecule has 0 aromatic carbocycles. The van der Waals surface area contributed by atoms with Gasteiger partial charge in [-0.15, -0.1) is 0 Å². The quantitative estimate of drug-likeness (QED) is 0.479. The molecule has 5 heteroatoms. The molecule has 1 aromatic heterocycles. The fraction of sp³-hybridized carbons (Fsp3) is 0.250. The maximum atomic E-state index is 8.88. The number of nitrogens with one attached hydrogen (secondary N) is 1. The Morgan fingerprint density at radius 2 is 2.46 bits per heavy atom. The lowest BCUT2D eigenvalue weighted by atomic mass is 10.3. The van der Waals surface area contributed by atoms with Gasteiger partial charge in [0, 0.05) is 0 Å². The van der Waals surface area contributed by atoms with E-state index in [1.165, 1.54) is 6.33 Å². The Bertz CT molecular complexity index is 380. The molecule has 1 unspecified atom stereocenters. The number of aromatic amines is 1. The Balaban J connectivity index is 2.84. The van der Waals surface area contributed by atoms with Gasteiger partial charge in [-0.25, -0.2) is 4.98 Å². The first kappa shape index (κ1) is 9.27. The third-order valence-electron chi connectivity index (χ3n) is 1.28. The van der Waals surface area contributed by atoms with E-state index in [1.807, 2.05) is 6.07 Å².